The second kappa shape index (κ2) is 9.04. The van der Waals surface area contributed by atoms with E-state index >= 15 is 0 Å². The standard InChI is InChI=1S/C11H15NO.C9H12/c1-8(2)9-5-4-6-10(7-9)11(13)12-3;1-8(2)9-6-4-3-5-7-9/h4-8H,1-3H3,(H,12,13);3-8H,1-2H3. The van der Waals surface area contributed by atoms with Gasteiger partial charge in [-0.25, -0.2) is 0 Å². The minimum absolute atomic E-state index is 0.0255. The molecule has 0 bridgehead atoms. The van der Waals surface area contributed by atoms with Crippen molar-refractivity contribution in [1.82, 2.24) is 5.32 Å². The first kappa shape index (κ1) is 18.0. The largest absolute Gasteiger partial charge is 0.355 e. The molecule has 0 radical (unpaired) electrons. The second-order valence-electron chi connectivity index (χ2n) is 5.92. The summed E-state index contributed by atoms with van der Waals surface area (Å²) in [5, 5.41) is 2.61. The van der Waals surface area contributed by atoms with E-state index in [0.717, 1.165) is 5.56 Å². The van der Waals surface area contributed by atoms with Gasteiger partial charge in [-0.05, 0) is 35.1 Å². The van der Waals surface area contributed by atoms with Crippen molar-refractivity contribution >= 4 is 5.91 Å². The summed E-state index contributed by atoms with van der Waals surface area (Å²) >= 11 is 0. The zero-order valence-electron chi connectivity index (χ0n) is 14.3. The van der Waals surface area contributed by atoms with Crippen LogP contribution < -0.4 is 5.32 Å². The number of carbonyl (C=O) groups is 1. The zero-order valence-corrected chi connectivity index (χ0v) is 14.3. The molecule has 0 saturated heterocycles. The third-order valence-corrected chi connectivity index (χ3v) is 3.51. The Hall–Kier alpha value is -2.09. The summed E-state index contributed by atoms with van der Waals surface area (Å²) in [7, 11) is 1.64. The summed E-state index contributed by atoms with van der Waals surface area (Å²) in [5.41, 5.74) is 3.34. The highest BCUT2D eigenvalue weighted by molar-refractivity contribution is 5.94. The fourth-order valence-corrected chi connectivity index (χ4v) is 2.02. The molecule has 2 heteroatoms. The number of amides is 1. The third-order valence-electron chi connectivity index (χ3n) is 3.51. The van der Waals surface area contributed by atoms with Crippen LogP contribution in [0.4, 0.5) is 0 Å². The van der Waals surface area contributed by atoms with Crippen LogP contribution in [0.1, 0.15) is 61.0 Å². The van der Waals surface area contributed by atoms with E-state index in [9.17, 15) is 4.79 Å². The van der Waals surface area contributed by atoms with Crippen LogP contribution in [0.2, 0.25) is 0 Å². The van der Waals surface area contributed by atoms with Gasteiger partial charge >= 0.3 is 0 Å². The van der Waals surface area contributed by atoms with Gasteiger partial charge in [0.2, 0.25) is 0 Å². The minimum atomic E-state index is -0.0255. The van der Waals surface area contributed by atoms with Crippen molar-refractivity contribution in [1.29, 1.82) is 0 Å². The van der Waals surface area contributed by atoms with E-state index in [1.165, 1.54) is 11.1 Å². The van der Waals surface area contributed by atoms with Crippen molar-refractivity contribution in [3.63, 3.8) is 0 Å². The second-order valence-corrected chi connectivity index (χ2v) is 5.92. The van der Waals surface area contributed by atoms with Crippen LogP contribution in [0.15, 0.2) is 54.6 Å². The number of hydrogen-bond donors (Lipinski definition) is 1. The van der Waals surface area contributed by atoms with Crippen molar-refractivity contribution in [2.75, 3.05) is 7.05 Å². The van der Waals surface area contributed by atoms with E-state index < -0.39 is 0 Å². The molecule has 2 aromatic carbocycles. The Bertz CT molecular complexity index is 573. The van der Waals surface area contributed by atoms with Crippen LogP contribution in [-0.4, -0.2) is 13.0 Å². The Labute approximate surface area is 134 Å². The molecule has 1 N–H and O–H groups in total. The molecule has 0 heterocycles. The predicted molar refractivity (Wildman–Crippen MR) is 94.5 cm³/mol. The van der Waals surface area contributed by atoms with Crippen molar-refractivity contribution in [2.45, 2.75) is 39.5 Å². The van der Waals surface area contributed by atoms with Gasteiger partial charge in [0.05, 0.1) is 0 Å². The maximum Gasteiger partial charge on any atom is 0.251 e. The van der Waals surface area contributed by atoms with E-state index in [0.29, 0.717) is 11.8 Å². The number of rotatable bonds is 3. The van der Waals surface area contributed by atoms with Gasteiger partial charge < -0.3 is 5.32 Å². The molecule has 22 heavy (non-hydrogen) atoms. The first-order valence-electron chi connectivity index (χ1n) is 7.82. The third kappa shape index (κ3) is 5.72. The maximum absolute atomic E-state index is 11.3. The summed E-state index contributed by atoms with van der Waals surface area (Å²) in [6, 6.07) is 18.2. The molecule has 2 rings (SSSR count). The molecule has 0 spiro atoms. The molecule has 0 atom stereocenters. The summed E-state index contributed by atoms with van der Waals surface area (Å²) in [4.78, 5) is 11.3. The molecular formula is C20H27NO. The first-order valence-corrected chi connectivity index (χ1v) is 7.82. The SMILES string of the molecule is CC(C)c1ccccc1.CNC(=O)c1cccc(C(C)C)c1. The lowest BCUT2D eigenvalue weighted by Crippen LogP contribution is -2.17. The van der Waals surface area contributed by atoms with Crippen molar-refractivity contribution in [2.24, 2.45) is 0 Å². The van der Waals surface area contributed by atoms with Gasteiger partial charge in [0.1, 0.15) is 0 Å². The zero-order chi connectivity index (χ0) is 16.5. The average Bonchev–Trinajstić information content (AvgIpc) is 2.55. The highest BCUT2D eigenvalue weighted by Gasteiger charge is 2.04. The molecule has 0 fully saturated rings. The topological polar surface area (TPSA) is 29.1 Å². The number of benzene rings is 2. The Morgan fingerprint density at radius 1 is 0.818 bits per heavy atom. The highest BCUT2D eigenvalue weighted by Crippen LogP contribution is 2.15. The van der Waals surface area contributed by atoms with Gasteiger partial charge in [-0.3, -0.25) is 4.79 Å². The van der Waals surface area contributed by atoms with Crippen LogP contribution >= 0.6 is 0 Å². The molecule has 0 aliphatic heterocycles. The summed E-state index contributed by atoms with van der Waals surface area (Å²) < 4.78 is 0. The fraction of sp³-hybridized carbons (Fsp3) is 0.350. The van der Waals surface area contributed by atoms with Crippen LogP contribution in [-0.2, 0) is 0 Å². The van der Waals surface area contributed by atoms with Gasteiger partial charge in [0, 0.05) is 12.6 Å². The minimum Gasteiger partial charge on any atom is -0.355 e. The van der Waals surface area contributed by atoms with Gasteiger partial charge in [0.25, 0.3) is 5.91 Å². The van der Waals surface area contributed by atoms with Gasteiger partial charge in [-0.1, -0.05) is 70.2 Å². The lowest BCUT2D eigenvalue weighted by atomic mass is 10.0. The molecular weight excluding hydrogens is 270 g/mol. The lowest BCUT2D eigenvalue weighted by molar-refractivity contribution is 0.0963. The Balaban J connectivity index is 0.000000235. The molecule has 2 aromatic rings. The molecule has 0 aliphatic rings. The van der Waals surface area contributed by atoms with E-state index in [1.54, 1.807) is 7.05 Å². The molecule has 0 aromatic heterocycles. The quantitative estimate of drug-likeness (QED) is 0.850. The number of carbonyl (C=O) groups excluding carboxylic acids is 1. The predicted octanol–water partition coefficient (Wildman–Crippen LogP) is 4.98. The van der Waals surface area contributed by atoms with E-state index in [2.05, 4.69) is 57.3 Å². The van der Waals surface area contributed by atoms with Crippen molar-refractivity contribution in [3.8, 4) is 0 Å². The normalized spacial score (nSPS) is 10.1. The lowest BCUT2D eigenvalue weighted by Gasteiger charge is -2.06. The van der Waals surface area contributed by atoms with Crippen LogP contribution in [0.3, 0.4) is 0 Å². The summed E-state index contributed by atoms with van der Waals surface area (Å²) in [6.45, 7) is 8.64. The first-order chi connectivity index (χ1) is 10.5. The van der Waals surface area contributed by atoms with E-state index in [-0.39, 0.29) is 5.91 Å². The summed E-state index contributed by atoms with van der Waals surface area (Å²) in [6.07, 6.45) is 0. The van der Waals surface area contributed by atoms with Gasteiger partial charge in [-0.2, -0.15) is 0 Å². The van der Waals surface area contributed by atoms with Gasteiger partial charge in [0.15, 0.2) is 0 Å². The van der Waals surface area contributed by atoms with E-state index in [4.69, 9.17) is 0 Å². The maximum atomic E-state index is 11.3. The summed E-state index contributed by atoms with van der Waals surface area (Å²) in [5.74, 6) is 1.10. The Morgan fingerprint density at radius 2 is 1.36 bits per heavy atom. The van der Waals surface area contributed by atoms with E-state index in [1.807, 2.05) is 30.3 Å². The molecule has 0 aliphatic carbocycles. The molecule has 2 nitrogen and oxygen atoms in total. The monoisotopic (exact) mass is 297 g/mol. The molecule has 0 saturated carbocycles. The fourth-order valence-electron chi connectivity index (χ4n) is 2.02. The van der Waals surface area contributed by atoms with Crippen LogP contribution in [0.5, 0.6) is 0 Å². The number of nitrogens with one attached hydrogen (secondary N) is 1. The van der Waals surface area contributed by atoms with Crippen molar-refractivity contribution in [3.05, 3.63) is 71.3 Å². The molecule has 1 amide bonds. The Morgan fingerprint density at radius 3 is 1.82 bits per heavy atom. The average molecular weight is 297 g/mol. The molecule has 0 unspecified atom stereocenters. The Kier molecular flexibility index (Phi) is 7.38. The molecule has 118 valence electrons. The highest BCUT2D eigenvalue weighted by atomic mass is 16.1. The van der Waals surface area contributed by atoms with Crippen LogP contribution in [0.25, 0.3) is 0 Å². The van der Waals surface area contributed by atoms with Crippen LogP contribution in [0, 0.1) is 0 Å². The van der Waals surface area contributed by atoms with Crippen molar-refractivity contribution < 1.29 is 4.79 Å². The van der Waals surface area contributed by atoms with Gasteiger partial charge in [-0.15, -0.1) is 0 Å². The smallest absolute Gasteiger partial charge is 0.251 e. The number of hydrogen-bond acceptors (Lipinski definition) is 1.